The molecule has 0 fully saturated rings. The largest absolute Gasteiger partial charge is 0.465 e. The van der Waals surface area contributed by atoms with Crippen molar-refractivity contribution in [2.75, 3.05) is 12.3 Å². The van der Waals surface area contributed by atoms with Gasteiger partial charge in [0.25, 0.3) is 0 Å². The molecule has 0 saturated carbocycles. The molecule has 0 unspecified atom stereocenters. The Hall–Kier alpha value is -3.03. The van der Waals surface area contributed by atoms with Crippen molar-refractivity contribution in [3.05, 3.63) is 35.4 Å². The van der Waals surface area contributed by atoms with Gasteiger partial charge in [-0.15, -0.1) is 0 Å². The molecule has 100 valence electrons. The molecule has 3 N–H and O–H groups in total. The number of aliphatic hydroxyl groups excluding tert-OH is 1. The lowest BCUT2D eigenvalue weighted by molar-refractivity contribution is 0.270. The van der Waals surface area contributed by atoms with E-state index in [0.717, 1.165) is 0 Å². The SMILES string of the molecule is N#CC(=Cc1ccco1)c1nn(CCO)c(N)c1C#N. The maximum absolute atomic E-state index is 9.22. The van der Waals surface area contributed by atoms with Crippen molar-refractivity contribution in [1.82, 2.24) is 9.78 Å². The normalized spacial score (nSPS) is 11.1. The second kappa shape index (κ2) is 5.74. The second-order valence-electron chi connectivity index (χ2n) is 3.85. The number of nitrogens with zero attached hydrogens (tertiary/aromatic N) is 4. The molecule has 0 saturated heterocycles. The molecule has 0 amide bonds. The van der Waals surface area contributed by atoms with E-state index < -0.39 is 0 Å². The van der Waals surface area contributed by atoms with Gasteiger partial charge in [0.2, 0.25) is 0 Å². The third-order valence-corrected chi connectivity index (χ3v) is 2.62. The Morgan fingerprint density at radius 1 is 1.55 bits per heavy atom. The van der Waals surface area contributed by atoms with Crippen molar-refractivity contribution in [2.24, 2.45) is 0 Å². The molecule has 0 radical (unpaired) electrons. The minimum atomic E-state index is -0.167. The van der Waals surface area contributed by atoms with Gasteiger partial charge in [-0.25, -0.2) is 4.68 Å². The van der Waals surface area contributed by atoms with Gasteiger partial charge in [0.1, 0.15) is 35.0 Å². The van der Waals surface area contributed by atoms with E-state index in [1.807, 2.05) is 12.1 Å². The molecule has 2 aromatic heterocycles. The van der Waals surface area contributed by atoms with Gasteiger partial charge in [0, 0.05) is 6.08 Å². The van der Waals surface area contributed by atoms with E-state index in [4.69, 9.17) is 20.5 Å². The Bertz CT molecular complexity index is 713. The summed E-state index contributed by atoms with van der Waals surface area (Å²) in [4.78, 5) is 0. The molecule has 0 aromatic carbocycles. The molecule has 0 atom stereocenters. The first kappa shape index (κ1) is 13.4. The average molecular weight is 269 g/mol. The van der Waals surface area contributed by atoms with E-state index >= 15 is 0 Å². The lowest BCUT2D eigenvalue weighted by Gasteiger charge is -1.98. The highest BCUT2D eigenvalue weighted by atomic mass is 16.3. The third-order valence-electron chi connectivity index (χ3n) is 2.62. The van der Waals surface area contributed by atoms with E-state index in [9.17, 15) is 5.26 Å². The zero-order chi connectivity index (χ0) is 14.5. The molecule has 0 aliphatic heterocycles. The number of allylic oxidation sites excluding steroid dienone is 1. The number of hydrogen-bond donors (Lipinski definition) is 2. The molecule has 7 nitrogen and oxygen atoms in total. The molecule has 0 aliphatic carbocycles. The molecule has 2 rings (SSSR count). The van der Waals surface area contributed by atoms with Crippen LogP contribution in [0.4, 0.5) is 5.82 Å². The van der Waals surface area contributed by atoms with Gasteiger partial charge in [-0.05, 0) is 12.1 Å². The fraction of sp³-hybridized carbons (Fsp3) is 0.154. The van der Waals surface area contributed by atoms with E-state index in [1.54, 1.807) is 12.1 Å². The summed E-state index contributed by atoms with van der Waals surface area (Å²) in [6.45, 7) is -0.0139. The van der Waals surface area contributed by atoms with Crippen molar-refractivity contribution in [2.45, 2.75) is 6.54 Å². The summed E-state index contributed by atoms with van der Waals surface area (Å²) in [6, 6.07) is 7.26. The minimum Gasteiger partial charge on any atom is -0.465 e. The Morgan fingerprint density at radius 3 is 2.90 bits per heavy atom. The fourth-order valence-corrected chi connectivity index (χ4v) is 1.71. The predicted molar refractivity (Wildman–Crippen MR) is 70.6 cm³/mol. The van der Waals surface area contributed by atoms with Gasteiger partial charge in [-0.1, -0.05) is 0 Å². The summed E-state index contributed by atoms with van der Waals surface area (Å²) in [5, 5.41) is 31.4. The molecule has 7 heteroatoms. The van der Waals surface area contributed by atoms with Gasteiger partial charge >= 0.3 is 0 Å². The van der Waals surface area contributed by atoms with Crippen molar-refractivity contribution in [1.29, 1.82) is 10.5 Å². The van der Waals surface area contributed by atoms with Crippen LogP contribution in [0, 0.1) is 22.7 Å². The number of anilines is 1. The number of nitrogen functional groups attached to an aromatic ring is 1. The topological polar surface area (TPSA) is 125 Å². The summed E-state index contributed by atoms with van der Waals surface area (Å²) in [5.74, 6) is 0.595. The Balaban J connectivity index is 2.54. The Morgan fingerprint density at radius 2 is 2.35 bits per heavy atom. The molecular weight excluding hydrogens is 258 g/mol. The predicted octanol–water partition coefficient (Wildman–Crippen LogP) is 0.986. The molecule has 0 bridgehead atoms. The highest BCUT2D eigenvalue weighted by molar-refractivity contribution is 5.90. The summed E-state index contributed by atoms with van der Waals surface area (Å²) < 4.78 is 6.42. The first-order chi connectivity index (χ1) is 9.71. The zero-order valence-electron chi connectivity index (χ0n) is 10.4. The number of hydrogen-bond acceptors (Lipinski definition) is 6. The fourth-order valence-electron chi connectivity index (χ4n) is 1.71. The molecule has 0 spiro atoms. The second-order valence-corrected chi connectivity index (χ2v) is 3.85. The maximum Gasteiger partial charge on any atom is 0.140 e. The molecule has 2 aromatic rings. The number of nitriles is 2. The molecule has 20 heavy (non-hydrogen) atoms. The van der Waals surface area contributed by atoms with Crippen LogP contribution in [0.2, 0.25) is 0 Å². The first-order valence-corrected chi connectivity index (χ1v) is 5.74. The van der Waals surface area contributed by atoms with Crippen LogP contribution in [-0.2, 0) is 6.54 Å². The summed E-state index contributed by atoms with van der Waals surface area (Å²) in [6.07, 6.45) is 2.96. The van der Waals surface area contributed by atoms with Crippen molar-refractivity contribution >= 4 is 17.5 Å². The highest BCUT2D eigenvalue weighted by Gasteiger charge is 2.18. The van der Waals surface area contributed by atoms with Gasteiger partial charge in [0.05, 0.1) is 25.0 Å². The van der Waals surface area contributed by atoms with Gasteiger partial charge in [0.15, 0.2) is 0 Å². The summed E-state index contributed by atoms with van der Waals surface area (Å²) >= 11 is 0. The first-order valence-electron chi connectivity index (χ1n) is 5.74. The standard InChI is InChI=1S/C13H11N5O2/c14-7-9(6-10-2-1-5-20-10)12-11(8-15)13(16)18(17-12)3-4-19/h1-2,5-6,19H,3-4,16H2. The number of aliphatic hydroxyl groups is 1. The summed E-state index contributed by atoms with van der Waals surface area (Å²) in [5.41, 5.74) is 6.23. The van der Waals surface area contributed by atoms with Crippen LogP contribution in [0.25, 0.3) is 11.6 Å². The van der Waals surface area contributed by atoms with Gasteiger partial charge in [-0.2, -0.15) is 15.6 Å². The third kappa shape index (κ3) is 2.39. The highest BCUT2D eigenvalue weighted by Crippen LogP contribution is 2.24. The molecule has 2 heterocycles. The monoisotopic (exact) mass is 269 g/mol. The van der Waals surface area contributed by atoms with Crippen molar-refractivity contribution in [3.63, 3.8) is 0 Å². The number of nitrogens with two attached hydrogens (primary N) is 1. The van der Waals surface area contributed by atoms with E-state index in [2.05, 4.69) is 5.10 Å². The van der Waals surface area contributed by atoms with Crippen LogP contribution in [-0.4, -0.2) is 21.5 Å². The average Bonchev–Trinajstić information content (AvgIpc) is 3.05. The number of rotatable bonds is 4. The molecular formula is C13H11N5O2. The lowest BCUT2D eigenvalue weighted by atomic mass is 10.1. The summed E-state index contributed by atoms with van der Waals surface area (Å²) in [7, 11) is 0. The van der Waals surface area contributed by atoms with Crippen LogP contribution in [0.15, 0.2) is 22.8 Å². The van der Waals surface area contributed by atoms with Crippen LogP contribution in [0.3, 0.4) is 0 Å². The zero-order valence-corrected chi connectivity index (χ0v) is 10.4. The van der Waals surface area contributed by atoms with Gasteiger partial charge in [-0.3, -0.25) is 0 Å². The minimum absolute atomic E-state index is 0.109. The van der Waals surface area contributed by atoms with Crippen molar-refractivity contribution in [3.8, 4) is 12.1 Å². The van der Waals surface area contributed by atoms with Crippen molar-refractivity contribution < 1.29 is 9.52 Å². The molecule has 0 aliphatic rings. The van der Waals surface area contributed by atoms with E-state index in [1.165, 1.54) is 17.0 Å². The smallest absolute Gasteiger partial charge is 0.140 e. The Kier molecular flexibility index (Phi) is 3.85. The van der Waals surface area contributed by atoms with E-state index in [0.29, 0.717) is 5.76 Å². The van der Waals surface area contributed by atoms with Crippen LogP contribution in [0.1, 0.15) is 17.0 Å². The Labute approximate surface area is 114 Å². The number of furan rings is 1. The van der Waals surface area contributed by atoms with Crippen LogP contribution >= 0.6 is 0 Å². The quantitative estimate of drug-likeness (QED) is 0.797. The lowest BCUT2D eigenvalue weighted by Crippen LogP contribution is -2.07. The van der Waals surface area contributed by atoms with Crippen LogP contribution in [0.5, 0.6) is 0 Å². The van der Waals surface area contributed by atoms with Gasteiger partial charge < -0.3 is 15.3 Å². The van der Waals surface area contributed by atoms with Crippen LogP contribution < -0.4 is 5.73 Å². The number of aromatic nitrogens is 2. The van der Waals surface area contributed by atoms with E-state index in [-0.39, 0.29) is 35.8 Å². The maximum atomic E-state index is 9.22.